The normalized spacial score (nSPS) is 31.0. The smallest absolute Gasteiger partial charge is 0.193 e. The van der Waals surface area contributed by atoms with Crippen molar-refractivity contribution in [3.63, 3.8) is 0 Å². The van der Waals surface area contributed by atoms with Crippen LogP contribution in [0.5, 0.6) is 0 Å². The fourth-order valence-corrected chi connectivity index (χ4v) is 5.57. The second-order valence-electron chi connectivity index (χ2n) is 9.11. The highest BCUT2D eigenvalue weighted by Gasteiger charge is 2.36. The Morgan fingerprint density at radius 2 is 1.97 bits per heavy atom. The van der Waals surface area contributed by atoms with Gasteiger partial charge < -0.3 is 15.3 Å². The number of likely N-dealkylation sites (tertiary alicyclic amines) is 2. The van der Waals surface area contributed by atoms with E-state index in [0.29, 0.717) is 12.0 Å². The molecule has 0 amide bonds. The minimum absolute atomic E-state index is 0.155. The van der Waals surface area contributed by atoms with Gasteiger partial charge >= 0.3 is 0 Å². The molecule has 1 aromatic carbocycles. The lowest BCUT2D eigenvalue weighted by molar-refractivity contribution is 0.0372. The Hall–Kier alpha value is -1.59. The first-order chi connectivity index (χ1) is 14.2. The van der Waals surface area contributed by atoms with E-state index in [1.54, 1.807) is 0 Å². The van der Waals surface area contributed by atoms with Gasteiger partial charge in [-0.1, -0.05) is 36.8 Å². The number of nitrogens with zero attached hydrogens (tertiary/aromatic N) is 3. The van der Waals surface area contributed by atoms with Crippen LogP contribution in [0.25, 0.3) is 0 Å². The highest BCUT2D eigenvalue weighted by molar-refractivity contribution is 5.80. The van der Waals surface area contributed by atoms with Crippen LogP contribution in [0.15, 0.2) is 35.3 Å². The van der Waals surface area contributed by atoms with Crippen LogP contribution in [0.4, 0.5) is 0 Å². The largest absolute Gasteiger partial charge is 0.393 e. The SMILES string of the molecule is CCNC(=NCC1CCCC1O)N1CCC2C(CCCN2Cc2ccccc2)C1. The third-order valence-electron chi connectivity index (χ3n) is 7.14. The van der Waals surface area contributed by atoms with Gasteiger partial charge in [-0.05, 0) is 57.1 Å². The van der Waals surface area contributed by atoms with E-state index < -0.39 is 0 Å². The number of aliphatic hydroxyl groups is 1. The summed E-state index contributed by atoms with van der Waals surface area (Å²) >= 11 is 0. The second kappa shape index (κ2) is 9.94. The predicted octanol–water partition coefficient (Wildman–Crippen LogP) is 3.10. The van der Waals surface area contributed by atoms with E-state index in [-0.39, 0.29) is 6.10 Å². The van der Waals surface area contributed by atoms with Crippen molar-refractivity contribution in [2.45, 2.75) is 64.1 Å². The summed E-state index contributed by atoms with van der Waals surface area (Å²) in [6.07, 6.45) is 6.88. The minimum atomic E-state index is -0.155. The van der Waals surface area contributed by atoms with E-state index in [4.69, 9.17) is 4.99 Å². The van der Waals surface area contributed by atoms with Gasteiger partial charge in [0.1, 0.15) is 0 Å². The zero-order valence-electron chi connectivity index (χ0n) is 18.0. The molecular weight excluding hydrogens is 360 g/mol. The molecular formula is C24H38N4O. The zero-order chi connectivity index (χ0) is 20.1. The number of aliphatic hydroxyl groups excluding tert-OH is 1. The van der Waals surface area contributed by atoms with E-state index in [1.807, 2.05) is 0 Å². The van der Waals surface area contributed by atoms with E-state index >= 15 is 0 Å². The number of guanidine groups is 1. The van der Waals surface area contributed by atoms with Crippen LogP contribution >= 0.6 is 0 Å². The summed E-state index contributed by atoms with van der Waals surface area (Å²) < 4.78 is 0. The number of hydrogen-bond donors (Lipinski definition) is 2. The van der Waals surface area contributed by atoms with Crippen molar-refractivity contribution in [2.24, 2.45) is 16.8 Å². The average molecular weight is 399 g/mol. The lowest BCUT2D eigenvalue weighted by atomic mass is 9.83. The van der Waals surface area contributed by atoms with Gasteiger partial charge in [0.05, 0.1) is 6.10 Å². The molecule has 3 aliphatic rings. The van der Waals surface area contributed by atoms with Crippen LogP contribution < -0.4 is 5.32 Å². The lowest BCUT2D eigenvalue weighted by Gasteiger charge is -2.48. The highest BCUT2D eigenvalue weighted by Crippen LogP contribution is 2.32. The van der Waals surface area contributed by atoms with Crippen LogP contribution in [-0.2, 0) is 6.54 Å². The van der Waals surface area contributed by atoms with E-state index in [9.17, 15) is 5.11 Å². The number of nitrogens with one attached hydrogen (secondary N) is 1. The van der Waals surface area contributed by atoms with Crippen molar-refractivity contribution in [1.82, 2.24) is 15.1 Å². The molecule has 29 heavy (non-hydrogen) atoms. The van der Waals surface area contributed by atoms with Gasteiger partial charge in [0.25, 0.3) is 0 Å². The molecule has 1 saturated carbocycles. The molecule has 0 aromatic heterocycles. The number of aliphatic imine (C=N–C) groups is 1. The molecule has 2 N–H and O–H groups in total. The van der Waals surface area contributed by atoms with Crippen LogP contribution in [0.1, 0.15) is 51.0 Å². The molecule has 2 heterocycles. The molecule has 0 bridgehead atoms. The Labute approximate surface area is 176 Å². The lowest BCUT2D eigenvalue weighted by Crippen LogP contribution is -2.56. The van der Waals surface area contributed by atoms with Gasteiger partial charge in [0.15, 0.2) is 5.96 Å². The summed E-state index contributed by atoms with van der Waals surface area (Å²) in [5.41, 5.74) is 1.43. The summed E-state index contributed by atoms with van der Waals surface area (Å²) in [6.45, 7) is 8.29. The summed E-state index contributed by atoms with van der Waals surface area (Å²) in [6, 6.07) is 11.6. The molecule has 1 aliphatic carbocycles. The van der Waals surface area contributed by atoms with Crippen molar-refractivity contribution in [3.8, 4) is 0 Å². The maximum atomic E-state index is 10.1. The molecule has 3 fully saturated rings. The quantitative estimate of drug-likeness (QED) is 0.591. The topological polar surface area (TPSA) is 51.1 Å². The molecule has 2 aliphatic heterocycles. The Bertz CT molecular complexity index is 664. The van der Waals surface area contributed by atoms with Crippen molar-refractivity contribution >= 4 is 5.96 Å². The molecule has 4 unspecified atom stereocenters. The summed E-state index contributed by atoms with van der Waals surface area (Å²) in [7, 11) is 0. The van der Waals surface area contributed by atoms with Crippen LogP contribution in [0.2, 0.25) is 0 Å². The zero-order valence-corrected chi connectivity index (χ0v) is 18.0. The monoisotopic (exact) mass is 398 g/mol. The van der Waals surface area contributed by atoms with Gasteiger partial charge in [0.2, 0.25) is 0 Å². The molecule has 1 aromatic rings. The van der Waals surface area contributed by atoms with E-state index in [1.165, 1.54) is 31.4 Å². The predicted molar refractivity (Wildman–Crippen MR) is 119 cm³/mol. The first-order valence-electron chi connectivity index (χ1n) is 11.7. The third-order valence-corrected chi connectivity index (χ3v) is 7.14. The standard InChI is InChI=1S/C24H38N4O/c1-2-25-24(26-16-20-10-6-12-23(20)29)28-15-13-22-21(18-28)11-7-14-27(22)17-19-8-4-3-5-9-19/h3-5,8-9,20-23,29H,2,6-7,10-18H2,1H3,(H,25,26). The summed E-state index contributed by atoms with van der Waals surface area (Å²) in [5.74, 6) is 2.13. The molecule has 160 valence electrons. The van der Waals surface area contributed by atoms with Gasteiger partial charge in [-0.2, -0.15) is 0 Å². The number of hydrogen-bond acceptors (Lipinski definition) is 3. The molecule has 2 saturated heterocycles. The fraction of sp³-hybridized carbons (Fsp3) is 0.708. The van der Waals surface area contributed by atoms with Crippen LogP contribution in [-0.4, -0.2) is 65.7 Å². The van der Waals surface area contributed by atoms with Crippen molar-refractivity contribution in [1.29, 1.82) is 0 Å². The second-order valence-corrected chi connectivity index (χ2v) is 9.11. The van der Waals surface area contributed by atoms with Gasteiger partial charge in [0, 0.05) is 44.7 Å². The van der Waals surface area contributed by atoms with Crippen molar-refractivity contribution in [2.75, 3.05) is 32.7 Å². The molecule has 4 rings (SSSR count). The summed E-state index contributed by atoms with van der Waals surface area (Å²) in [4.78, 5) is 10.2. The number of benzene rings is 1. The fourth-order valence-electron chi connectivity index (χ4n) is 5.57. The van der Waals surface area contributed by atoms with Crippen molar-refractivity contribution in [3.05, 3.63) is 35.9 Å². The Kier molecular flexibility index (Phi) is 7.09. The van der Waals surface area contributed by atoms with Crippen LogP contribution in [0, 0.1) is 11.8 Å². The van der Waals surface area contributed by atoms with Gasteiger partial charge in [-0.25, -0.2) is 0 Å². The maximum absolute atomic E-state index is 10.1. The van der Waals surface area contributed by atoms with Gasteiger partial charge in [-0.3, -0.25) is 9.89 Å². The summed E-state index contributed by atoms with van der Waals surface area (Å²) in [5, 5.41) is 13.7. The van der Waals surface area contributed by atoms with Gasteiger partial charge in [-0.15, -0.1) is 0 Å². The Morgan fingerprint density at radius 3 is 2.72 bits per heavy atom. The number of rotatable bonds is 5. The average Bonchev–Trinajstić information content (AvgIpc) is 3.16. The Morgan fingerprint density at radius 1 is 1.10 bits per heavy atom. The first-order valence-corrected chi connectivity index (χ1v) is 11.7. The number of fused-ring (bicyclic) bond motifs is 1. The highest BCUT2D eigenvalue weighted by atomic mass is 16.3. The third kappa shape index (κ3) is 5.13. The molecule has 5 nitrogen and oxygen atoms in total. The molecule has 5 heteroatoms. The molecule has 0 radical (unpaired) electrons. The molecule has 0 spiro atoms. The Balaban J connectivity index is 1.38. The van der Waals surface area contributed by atoms with Crippen molar-refractivity contribution < 1.29 is 5.11 Å². The first kappa shape index (κ1) is 20.7. The van der Waals surface area contributed by atoms with Crippen LogP contribution in [0.3, 0.4) is 0 Å². The van der Waals surface area contributed by atoms with E-state index in [0.717, 1.165) is 63.9 Å². The minimum Gasteiger partial charge on any atom is -0.393 e. The molecule has 4 atom stereocenters. The van der Waals surface area contributed by atoms with E-state index in [2.05, 4.69) is 52.4 Å². The number of piperidine rings is 2. The maximum Gasteiger partial charge on any atom is 0.193 e.